The number of alkyl halides is 2. The number of thiazole rings is 1. The van der Waals surface area contributed by atoms with E-state index in [9.17, 15) is 13.6 Å². The predicted octanol–water partition coefficient (Wildman–Crippen LogP) is 5.18. The summed E-state index contributed by atoms with van der Waals surface area (Å²) >= 11 is 1.22. The Balaban J connectivity index is 1.58. The third kappa shape index (κ3) is 4.79. The van der Waals surface area contributed by atoms with E-state index in [-0.39, 0.29) is 11.7 Å². The molecular formula is C23H22F2N4O2S. The molecule has 0 atom stereocenters. The van der Waals surface area contributed by atoms with Gasteiger partial charge in [0.05, 0.1) is 11.3 Å². The Kier molecular flexibility index (Phi) is 6.48. The van der Waals surface area contributed by atoms with E-state index in [1.54, 1.807) is 23.6 Å². The monoisotopic (exact) mass is 456 g/mol. The number of hydrogen-bond donors (Lipinski definition) is 1. The number of aromatic nitrogens is 2. The van der Waals surface area contributed by atoms with Gasteiger partial charge >= 0.3 is 6.61 Å². The normalized spacial score (nSPS) is 11.4. The zero-order chi connectivity index (χ0) is 22.7. The molecule has 2 aromatic heterocycles. The van der Waals surface area contributed by atoms with Gasteiger partial charge in [0.1, 0.15) is 5.75 Å². The van der Waals surface area contributed by atoms with E-state index in [1.165, 1.54) is 17.4 Å². The van der Waals surface area contributed by atoms with Gasteiger partial charge in [-0.15, -0.1) is 11.3 Å². The Morgan fingerprint density at radius 3 is 2.72 bits per heavy atom. The fourth-order valence-electron chi connectivity index (χ4n) is 3.42. The fourth-order valence-corrected chi connectivity index (χ4v) is 4.12. The standard InChI is InChI=1S/C23H22F2N4O2S/c1-28(2)11-12-29-13-17(15-7-3-5-9-19(15)29)21(30)27-23-26-18(14-32-23)16-8-4-6-10-20(16)31-22(24)25/h3-10,13-14,22H,11-12H2,1-2H3,(H,26,27,30). The van der Waals surface area contributed by atoms with Crippen molar-refractivity contribution in [1.29, 1.82) is 0 Å². The molecule has 0 fully saturated rings. The van der Waals surface area contributed by atoms with Crippen molar-refractivity contribution in [3.05, 3.63) is 65.7 Å². The van der Waals surface area contributed by atoms with Gasteiger partial charge in [0.2, 0.25) is 0 Å². The molecule has 32 heavy (non-hydrogen) atoms. The van der Waals surface area contributed by atoms with Crippen LogP contribution in [0.4, 0.5) is 13.9 Å². The number of fused-ring (bicyclic) bond motifs is 1. The minimum atomic E-state index is -2.93. The molecule has 0 radical (unpaired) electrons. The summed E-state index contributed by atoms with van der Waals surface area (Å²) in [5, 5.41) is 5.77. The van der Waals surface area contributed by atoms with Crippen molar-refractivity contribution in [3.63, 3.8) is 0 Å². The lowest BCUT2D eigenvalue weighted by Gasteiger charge is -2.10. The van der Waals surface area contributed by atoms with Gasteiger partial charge < -0.3 is 14.2 Å². The zero-order valence-electron chi connectivity index (χ0n) is 17.6. The van der Waals surface area contributed by atoms with Crippen molar-refractivity contribution >= 4 is 33.3 Å². The second-order valence-corrected chi connectivity index (χ2v) is 8.28. The van der Waals surface area contributed by atoms with Gasteiger partial charge in [-0.2, -0.15) is 8.78 Å². The molecule has 4 aromatic rings. The number of likely N-dealkylation sites (N-methyl/N-ethyl adjacent to an activating group) is 1. The Morgan fingerprint density at radius 2 is 1.94 bits per heavy atom. The summed E-state index contributed by atoms with van der Waals surface area (Å²) in [6.45, 7) is -1.34. The molecule has 166 valence electrons. The van der Waals surface area contributed by atoms with E-state index in [2.05, 4.69) is 24.5 Å². The van der Waals surface area contributed by atoms with E-state index in [4.69, 9.17) is 0 Å². The van der Waals surface area contributed by atoms with Crippen LogP contribution in [0, 0.1) is 0 Å². The number of para-hydroxylation sites is 2. The van der Waals surface area contributed by atoms with Crippen LogP contribution in [0.25, 0.3) is 22.2 Å². The van der Waals surface area contributed by atoms with Gasteiger partial charge in [0, 0.05) is 41.1 Å². The first kappa shape index (κ1) is 21.9. The molecule has 2 aromatic carbocycles. The third-order valence-corrected chi connectivity index (χ3v) is 5.68. The highest BCUT2D eigenvalue weighted by molar-refractivity contribution is 7.14. The number of amides is 1. The number of nitrogens with one attached hydrogen (secondary N) is 1. The van der Waals surface area contributed by atoms with E-state index in [0.717, 1.165) is 24.0 Å². The van der Waals surface area contributed by atoms with Crippen LogP contribution in [-0.2, 0) is 6.54 Å². The van der Waals surface area contributed by atoms with Crippen LogP contribution in [0.5, 0.6) is 5.75 Å². The van der Waals surface area contributed by atoms with Crippen LogP contribution in [0.1, 0.15) is 10.4 Å². The van der Waals surface area contributed by atoms with E-state index >= 15 is 0 Å². The van der Waals surface area contributed by atoms with E-state index in [1.807, 2.05) is 44.6 Å². The number of nitrogens with zero attached hydrogens (tertiary/aromatic N) is 3. The number of ether oxygens (including phenoxy) is 1. The largest absolute Gasteiger partial charge is 0.434 e. The summed E-state index contributed by atoms with van der Waals surface area (Å²) in [5.74, 6) is -0.238. The maximum atomic E-state index is 13.0. The lowest BCUT2D eigenvalue weighted by molar-refractivity contribution is -0.0494. The summed E-state index contributed by atoms with van der Waals surface area (Å²) in [5.41, 5.74) is 2.43. The maximum Gasteiger partial charge on any atom is 0.387 e. The molecule has 9 heteroatoms. The molecule has 0 aliphatic heterocycles. The molecule has 0 unspecified atom stereocenters. The average Bonchev–Trinajstić information content (AvgIpc) is 3.37. The van der Waals surface area contributed by atoms with Crippen LogP contribution in [0.15, 0.2) is 60.1 Å². The molecule has 0 spiro atoms. The van der Waals surface area contributed by atoms with Crippen molar-refractivity contribution in [2.45, 2.75) is 13.2 Å². The molecule has 0 saturated heterocycles. The van der Waals surface area contributed by atoms with Crippen molar-refractivity contribution < 1.29 is 18.3 Å². The van der Waals surface area contributed by atoms with E-state index < -0.39 is 6.61 Å². The predicted molar refractivity (Wildman–Crippen MR) is 123 cm³/mol. The highest BCUT2D eigenvalue weighted by atomic mass is 32.1. The quantitative estimate of drug-likeness (QED) is 0.397. The smallest absolute Gasteiger partial charge is 0.387 e. The van der Waals surface area contributed by atoms with Crippen LogP contribution >= 0.6 is 11.3 Å². The van der Waals surface area contributed by atoms with Crippen LogP contribution in [0.3, 0.4) is 0 Å². The van der Waals surface area contributed by atoms with Crippen molar-refractivity contribution in [2.75, 3.05) is 26.0 Å². The second kappa shape index (κ2) is 9.46. The molecule has 1 N–H and O–H groups in total. The number of benzene rings is 2. The second-order valence-electron chi connectivity index (χ2n) is 7.42. The fraction of sp³-hybridized carbons (Fsp3) is 0.217. The van der Waals surface area contributed by atoms with Gasteiger partial charge in [-0.25, -0.2) is 4.98 Å². The summed E-state index contributed by atoms with van der Waals surface area (Å²) in [4.78, 5) is 19.5. The van der Waals surface area contributed by atoms with Crippen LogP contribution < -0.4 is 10.1 Å². The molecule has 0 aliphatic rings. The molecule has 0 bridgehead atoms. The zero-order valence-corrected chi connectivity index (χ0v) is 18.4. The van der Waals surface area contributed by atoms with Gasteiger partial charge in [-0.3, -0.25) is 10.1 Å². The number of hydrogen-bond acceptors (Lipinski definition) is 5. The molecule has 0 saturated carbocycles. The molecule has 6 nitrogen and oxygen atoms in total. The SMILES string of the molecule is CN(C)CCn1cc(C(=O)Nc2nc(-c3ccccc3OC(F)F)cs2)c2ccccc21. The first-order valence-corrected chi connectivity index (χ1v) is 10.8. The van der Waals surface area contributed by atoms with Gasteiger partial charge in [-0.1, -0.05) is 30.3 Å². The number of carbonyl (C=O) groups is 1. The summed E-state index contributed by atoms with van der Waals surface area (Å²) < 4.78 is 32.1. The molecule has 0 aliphatic carbocycles. The minimum absolute atomic E-state index is 0.0367. The van der Waals surface area contributed by atoms with Gasteiger partial charge in [-0.05, 0) is 32.3 Å². The van der Waals surface area contributed by atoms with Gasteiger partial charge in [0.15, 0.2) is 5.13 Å². The van der Waals surface area contributed by atoms with Crippen molar-refractivity contribution in [1.82, 2.24) is 14.5 Å². The van der Waals surface area contributed by atoms with Crippen molar-refractivity contribution in [3.8, 4) is 17.0 Å². The Morgan fingerprint density at radius 1 is 1.19 bits per heavy atom. The molecular weight excluding hydrogens is 434 g/mol. The summed E-state index contributed by atoms with van der Waals surface area (Å²) in [7, 11) is 4.01. The lowest BCUT2D eigenvalue weighted by atomic mass is 10.1. The summed E-state index contributed by atoms with van der Waals surface area (Å²) in [6.07, 6.45) is 1.85. The number of anilines is 1. The topological polar surface area (TPSA) is 59.4 Å². The maximum absolute atomic E-state index is 13.0. The Hall–Kier alpha value is -3.30. The number of halogens is 2. The highest BCUT2D eigenvalue weighted by Gasteiger charge is 2.18. The first-order valence-electron chi connectivity index (χ1n) is 9.96. The number of rotatable bonds is 8. The first-order chi connectivity index (χ1) is 15.4. The molecule has 1 amide bonds. The number of carbonyl (C=O) groups excluding carboxylic acids is 1. The molecule has 4 rings (SSSR count). The average molecular weight is 457 g/mol. The van der Waals surface area contributed by atoms with Gasteiger partial charge in [0.25, 0.3) is 5.91 Å². The van der Waals surface area contributed by atoms with Crippen LogP contribution in [0.2, 0.25) is 0 Å². The Labute approximate surface area is 188 Å². The van der Waals surface area contributed by atoms with Crippen molar-refractivity contribution in [2.24, 2.45) is 0 Å². The highest BCUT2D eigenvalue weighted by Crippen LogP contribution is 2.33. The minimum Gasteiger partial charge on any atom is -0.434 e. The summed E-state index contributed by atoms with van der Waals surface area (Å²) in [6, 6.07) is 14.2. The Bertz CT molecular complexity index is 1240. The van der Waals surface area contributed by atoms with E-state index in [0.29, 0.717) is 22.0 Å². The van der Waals surface area contributed by atoms with Crippen LogP contribution in [-0.4, -0.2) is 47.6 Å². The molecule has 2 heterocycles. The third-order valence-electron chi connectivity index (χ3n) is 4.93. The lowest BCUT2D eigenvalue weighted by Crippen LogP contribution is -2.18.